The van der Waals surface area contributed by atoms with E-state index in [1.807, 2.05) is 0 Å². The Morgan fingerprint density at radius 3 is 1.70 bits per heavy atom. The molecule has 0 nitrogen and oxygen atoms in total. The Balaban J connectivity index is 0.000000810. The second-order valence-electron chi connectivity index (χ2n) is 2.99. The first-order valence-electron chi connectivity index (χ1n) is 3.46. The Bertz CT molecular complexity index is 179. The molecule has 2 heteroatoms. The molecule has 0 heterocycles. The molecule has 0 atom stereocenters. The molecule has 1 aliphatic carbocycles. The average Bonchev–Trinajstić information content (AvgIpc) is 1.98. The van der Waals surface area contributed by atoms with E-state index in [4.69, 9.17) is 0 Å². The van der Waals surface area contributed by atoms with Crippen molar-refractivity contribution in [2.45, 2.75) is 27.2 Å². The van der Waals surface area contributed by atoms with Crippen molar-refractivity contribution in [1.82, 2.24) is 0 Å². The molecular formula is C8H14NaSi. The third-order valence-corrected chi connectivity index (χ3v) is 3.98. The van der Waals surface area contributed by atoms with E-state index in [2.05, 4.69) is 20.8 Å². The Morgan fingerprint density at radius 1 is 1.10 bits per heavy atom. The minimum absolute atomic E-state index is 0. The zero-order valence-electron chi connectivity index (χ0n) is 7.71. The fraction of sp³-hybridized carbons (Fsp3) is 0.500. The second kappa shape index (κ2) is 3.91. The molecule has 0 aromatic heterocycles. The van der Waals surface area contributed by atoms with Gasteiger partial charge in [0.1, 0.15) is 0 Å². The molecule has 0 amide bonds. The molecule has 0 fully saturated rings. The van der Waals surface area contributed by atoms with E-state index in [1.165, 1.54) is 16.7 Å². The first-order chi connectivity index (χ1) is 4.13. The molecule has 10 heavy (non-hydrogen) atoms. The van der Waals surface area contributed by atoms with Crippen LogP contribution in [0.4, 0.5) is 0 Å². The van der Waals surface area contributed by atoms with E-state index in [0.29, 0.717) is 0 Å². The van der Waals surface area contributed by atoms with E-state index in [0.717, 1.165) is 0 Å². The summed E-state index contributed by atoms with van der Waals surface area (Å²) >= 11 is 0. The van der Waals surface area contributed by atoms with Crippen molar-refractivity contribution in [3.63, 3.8) is 0 Å². The van der Waals surface area contributed by atoms with Crippen molar-refractivity contribution in [2.75, 3.05) is 0 Å². The van der Waals surface area contributed by atoms with Crippen LogP contribution in [-0.2, 0) is 0 Å². The zero-order valence-corrected chi connectivity index (χ0v) is 11.7. The van der Waals surface area contributed by atoms with E-state index in [1.54, 1.807) is 21.9 Å². The molecular weight excluding hydrogens is 147 g/mol. The Hall–Kier alpha value is 0.697. The summed E-state index contributed by atoms with van der Waals surface area (Å²) in [4.78, 5) is 0. The molecule has 1 rings (SSSR count). The Morgan fingerprint density at radius 2 is 1.60 bits per heavy atom. The van der Waals surface area contributed by atoms with Crippen molar-refractivity contribution in [3.8, 4) is 0 Å². The first-order valence-corrected chi connectivity index (χ1v) is 4.46. The maximum atomic E-state index is 2.25. The summed E-state index contributed by atoms with van der Waals surface area (Å²) in [6, 6.07) is 0. The molecule has 0 saturated heterocycles. The summed E-state index contributed by atoms with van der Waals surface area (Å²) in [5.41, 5.74) is 4.76. The second-order valence-corrected chi connectivity index (χ2v) is 3.99. The molecule has 51 valence electrons. The topological polar surface area (TPSA) is 0 Å². The van der Waals surface area contributed by atoms with Gasteiger partial charge in [-0.25, -0.2) is 0 Å². The van der Waals surface area contributed by atoms with Gasteiger partial charge in [0.25, 0.3) is 0 Å². The van der Waals surface area contributed by atoms with E-state index >= 15 is 0 Å². The number of hydrogen-bond donors (Lipinski definition) is 0. The van der Waals surface area contributed by atoms with Gasteiger partial charge in [0.2, 0.25) is 0 Å². The average molecular weight is 161 g/mol. The van der Waals surface area contributed by atoms with Gasteiger partial charge < -0.3 is 0 Å². The maximum Gasteiger partial charge on any atom is 0.0387 e. The molecule has 0 aliphatic heterocycles. The Kier molecular flexibility index (Phi) is 4.18. The molecule has 1 aliphatic rings. The molecule has 0 bridgehead atoms. The number of hydrogen-bond acceptors (Lipinski definition) is 0. The van der Waals surface area contributed by atoms with Crippen LogP contribution in [-0.4, -0.2) is 39.8 Å². The van der Waals surface area contributed by atoms with Gasteiger partial charge in [0, 0.05) is 39.8 Å². The van der Waals surface area contributed by atoms with E-state index in [9.17, 15) is 0 Å². The largest absolute Gasteiger partial charge is 0.0708 e. The van der Waals surface area contributed by atoms with E-state index in [-0.39, 0.29) is 29.6 Å². The molecule has 0 unspecified atom stereocenters. The summed E-state index contributed by atoms with van der Waals surface area (Å²) < 4.78 is 0. The van der Waals surface area contributed by atoms with Gasteiger partial charge in [0.15, 0.2) is 0 Å². The van der Waals surface area contributed by atoms with Crippen LogP contribution >= 0.6 is 0 Å². The standard InChI is InChI=1S/C8H14Si.Na/c1-5-4-6(2)8(9)7(5)3;/h4H2,1-3,9H3;. The van der Waals surface area contributed by atoms with Crippen LogP contribution in [0.15, 0.2) is 21.9 Å². The maximum absolute atomic E-state index is 2.25. The number of rotatable bonds is 0. The molecule has 0 saturated carbocycles. The first kappa shape index (κ1) is 10.7. The van der Waals surface area contributed by atoms with Gasteiger partial charge >= 0.3 is 0 Å². The van der Waals surface area contributed by atoms with Crippen molar-refractivity contribution >= 4 is 39.8 Å². The summed E-state index contributed by atoms with van der Waals surface area (Å²) in [5.74, 6) is 0. The van der Waals surface area contributed by atoms with Crippen molar-refractivity contribution in [2.24, 2.45) is 0 Å². The quantitative estimate of drug-likeness (QED) is 0.465. The number of allylic oxidation sites excluding steroid dienone is 4. The van der Waals surface area contributed by atoms with Crippen LogP contribution < -0.4 is 0 Å². The van der Waals surface area contributed by atoms with Gasteiger partial charge in [-0.3, -0.25) is 0 Å². The smallest absolute Gasteiger partial charge is 0.0387 e. The van der Waals surface area contributed by atoms with Crippen LogP contribution in [0.5, 0.6) is 0 Å². The Labute approximate surface area is 88.5 Å². The van der Waals surface area contributed by atoms with Crippen LogP contribution in [0, 0.1) is 0 Å². The molecule has 1 radical (unpaired) electrons. The molecule has 0 aromatic rings. The van der Waals surface area contributed by atoms with Gasteiger partial charge in [-0.2, -0.15) is 0 Å². The predicted octanol–water partition coefficient (Wildman–Crippen LogP) is 0.985. The summed E-state index contributed by atoms with van der Waals surface area (Å²) in [7, 11) is 1.23. The molecule has 0 N–H and O–H groups in total. The molecule has 0 spiro atoms. The fourth-order valence-corrected chi connectivity index (χ4v) is 1.91. The molecule has 0 aromatic carbocycles. The predicted molar refractivity (Wildman–Crippen MR) is 51.4 cm³/mol. The zero-order chi connectivity index (χ0) is 7.02. The summed E-state index contributed by atoms with van der Waals surface area (Å²) in [6.07, 6.45) is 1.24. The summed E-state index contributed by atoms with van der Waals surface area (Å²) in [5, 5.41) is 1.65. The van der Waals surface area contributed by atoms with E-state index < -0.39 is 0 Å². The van der Waals surface area contributed by atoms with Gasteiger partial charge in [-0.05, 0) is 27.2 Å². The van der Waals surface area contributed by atoms with Gasteiger partial charge in [-0.15, -0.1) is 0 Å². The van der Waals surface area contributed by atoms with Crippen LogP contribution in [0.25, 0.3) is 0 Å². The van der Waals surface area contributed by atoms with Gasteiger partial charge in [0.05, 0.1) is 0 Å². The van der Waals surface area contributed by atoms with Crippen molar-refractivity contribution in [1.29, 1.82) is 0 Å². The normalized spacial score (nSPS) is 18.3. The van der Waals surface area contributed by atoms with Crippen molar-refractivity contribution in [3.05, 3.63) is 21.9 Å². The fourth-order valence-electron chi connectivity index (χ4n) is 1.30. The van der Waals surface area contributed by atoms with Crippen LogP contribution in [0.2, 0.25) is 0 Å². The summed E-state index contributed by atoms with van der Waals surface area (Å²) in [6.45, 7) is 6.74. The third-order valence-electron chi connectivity index (χ3n) is 2.37. The SMILES string of the molecule is CC1=C(C)C([SiH3])=C(C)C1.[Na]. The van der Waals surface area contributed by atoms with Crippen LogP contribution in [0.1, 0.15) is 27.2 Å². The minimum Gasteiger partial charge on any atom is -0.0708 e. The minimum atomic E-state index is 0. The van der Waals surface area contributed by atoms with Crippen LogP contribution in [0.3, 0.4) is 0 Å². The third kappa shape index (κ3) is 1.85. The van der Waals surface area contributed by atoms with Crippen molar-refractivity contribution < 1.29 is 0 Å². The van der Waals surface area contributed by atoms with Gasteiger partial charge in [-0.1, -0.05) is 21.9 Å². The monoisotopic (exact) mass is 161 g/mol.